The number of hydrogen-bond donors (Lipinski definition) is 0. The lowest BCUT2D eigenvalue weighted by atomic mass is 9.85. The monoisotopic (exact) mass is 408 g/mol. The molecule has 1 spiro atoms. The molecule has 3 atom stereocenters. The third-order valence-electron chi connectivity index (χ3n) is 7.21. The second kappa shape index (κ2) is 7.20. The molecule has 0 radical (unpaired) electrons. The normalized spacial score (nSPS) is 27.8. The molecule has 158 valence electrons. The average molecular weight is 408 g/mol. The minimum absolute atomic E-state index is 0.133. The fraction of sp³-hybridized carbons (Fsp3) is 0.458. The third-order valence-corrected chi connectivity index (χ3v) is 7.21. The van der Waals surface area contributed by atoms with Crippen LogP contribution in [-0.2, 0) is 4.79 Å². The maximum atomic E-state index is 13.8. The van der Waals surface area contributed by atoms with Crippen LogP contribution in [0, 0.1) is 5.92 Å². The van der Waals surface area contributed by atoms with E-state index < -0.39 is 5.54 Å². The highest BCUT2D eigenvalue weighted by atomic mass is 16.5. The molecule has 3 fully saturated rings. The number of para-hydroxylation sites is 1. The Labute approximate surface area is 177 Å². The maximum absolute atomic E-state index is 13.8. The van der Waals surface area contributed by atoms with Crippen molar-refractivity contribution >= 4 is 11.6 Å². The molecule has 0 aromatic heterocycles. The van der Waals surface area contributed by atoms with Gasteiger partial charge >= 0.3 is 0 Å². The molecule has 2 aromatic carbocycles. The van der Waals surface area contributed by atoms with Crippen LogP contribution < -0.4 is 19.1 Å². The zero-order valence-electron chi connectivity index (χ0n) is 17.8. The number of benzene rings is 2. The number of carbonyl (C=O) groups excluding carboxylic acids is 1. The van der Waals surface area contributed by atoms with Gasteiger partial charge in [0.05, 0.1) is 21.3 Å². The van der Waals surface area contributed by atoms with Crippen LogP contribution in [0.3, 0.4) is 0 Å². The summed E-state index contributed by atoms with van der Waals surface area (Å²) >= 11 is 0. The van der Waals surface area contributed by atoms with E-state index in [9.17, 15) is 4.79 Å². The summed E-state index contributed by atoms with van der Waals surface area (Å²) in [5.74, 6) is 2.52. The first kappa shape index (κ1) is 19.2. The van der Waals surface area contributed by atoms with Crippen LogP contribution in [0.1, 0.15) is 30.9 Å². The lowest BCUT2D eigenvalue weighted by Gasteiger charge is -2.34. The molecule has 6 nitrogen and oxygen atoms in total. The predicted octanol–water partition coefficient (Wildman–Crippen LogP) is 3.65. The first-order valence-corrected chi connectivity index (χ1v) is 10.6. The van der Waals surface area contributed by atoms with Gasteiger partial charge in [-0.15, -0.1) is 0 Å². The fourth-order valence-corrected chi connectivity index (χ4v) is 6.01. The molecule has 0 aliphatic carbocycles. The van der Waals surface area contributed by atoms with Crippen LogP contribution in [0.25, 0.3) is 0 Å². The van der Waals surface area contributed by atoms with E-state index in [2.05, 4.69) is 11.0 Å². The molecule has 6 heteroatoms. The zero-order valence-corrected chi connectivity index (χ0v) is 17.8. The van der Waals surface area contributed by atoms with E-state index in [0.29, 0.717) is 23.2 Å². The molecular weight excluding hydrogens is 380 g/mol. The van der Waals surface area contributed by atoms with E-state index in [0.717, 1.165) is 43.6 Å². The SMILES string of the molecule is COc1ccc([C@@H]2C[C@H]3CN(c4ccccc4)C(=O)[C@]34CCCN24)c(OC)c1OC. The lowest BCUT2D eigenvalue weighted by Crippen LogP contribution is -2.49. The van der Waals surface area contributed by atoms with E-state index >= 15 is 0 Å². The molecule has 0 bridgehead atoms. The lowest BCUT2D eigenvalue weighted by molar-refractivity contribution is -0.126. The summed E-state index contributed by atoms with van der Waals surface area (Å²) in [7, 11) is 4.92. The van der Waals surface area contributed by atoms with Crippen LogP contribution in [-0.4, -0.2) is 50.8 Å². The summed E-state index contributed by atoms with van der Waals surface area (Å²) in [5.41, 5.74) is 1.67. The first-order chi connectivity index (χ1) is 14.7. The van der Waals surface area contributed by atoms with Gasteiger partial charge in [0.15, 0.2) is 11.5 Å². The molecular formula is C24H28N2O4. The van der Waals surface area contributed by atoms with E-state index in [1.807, 2.05) is 41.3 Å². The summed E-state index contributed by atoms with van der Waals surface area (Å²) < 4.78 is 16.9. The highest BCUT2D eigenvalue weighted by Crippen LogP contribution is 2.58. The van der Waals surface area contributed by atoms with E-state index in [1.54, 1.807) is 21.3 Å². The van der Waals surface area contributed by atoms with E-state index in [1.165, 1.54) is 0 Å². The average Bonchev–Trinajstić information content (AvgIpc) is 3.43. The van der Waals surface area contributed by atoms with Crippen molar-refractivity contribution in [3.63, 3.8) is 0 Å². The van der Waals surface area contributed by atoms with Gasteiger partial charge in [-0.25, -0.2) is 0 Å². The number of ether oxygens (including phenoxy) is 3. The number of amides is 1. The number of hydrogen-bond acceptors (Lipinski definition) is 5. The van der Waals surface area contributed by atoms with Gasteiger partial charge in [0.2, 0.25) is 11.7 Å². The summed E-state index contributed by atoms with van der Waals surface area (Å²) in [6.45, 7) is 1.69. The summed E-state index contributed by atoms with van der Waals surface area (Å²) in [6.07, 6.45) is 2.89. The molecule has 3 aliphatic heterocycles. The molecule has 0 saturated carbocycles. The molecule has 3 heterocycles. The highest BCUT2D eigenvalue weighted by Gasteiger charge is 2.65. The molecule has 5 rings (SSSR count). The number of rotatable bonds is 5. The van der Waals surface area contributed by atoms with Gasteiger partial charge in [-0.3, -0.25) is 9.69 Å². The van der Waals surface area contributed by atoms with E-state index in [4.69, 9.17) is 14.2 Å². The Morgan fingerprint density at radius 2 is 1.73 bits per heavy atom. The Kier molecular flexibility index (Phi) is 4.62. The maximum Gasteiger partial charge on any atom is 0.247 e. The Bertz CT molecular complexity index is 963. The number of carbonyl (C=O) groups is 1. The summed E-state index contributed by atoms with van der Waals surface area (Å²) in [6, 6.07) is 14.2. The Hall–Kier alpha value is -2.73. The van der Waals surface area contributed by atoms with Crippen molar-refractivity contribution in [3.05, 3.63) is 48.0 Å². The highest BCUT2D eigenvalue weighted by molar-refractivity contribution is 6.03. The van der Waals surface area contributed by atoms with Crippen LogP contribution >= 0.6 is 0 Å². The smallest absolute Gasteiger partial charge is 0.247 e. The van der Waals surface area contributed by atoms with Gasteiger partial charge in [0.1, 0.15) is 5.54 Å². The van der Waals surface area contributed by atoms with Crippen molar-refractivity contribution in [2.75, 3.05) is 39.3 Å². The molecule has 1 amide bonds. The zero-order chi connectivity index (χ0) is 20.9. The van der Waals surface area contributed by atoms with Gasteiger partial charge in [0, 0.05) is 29.8 Å². The van der Waals surface area contributed by atoms with Crippen LogP contribution in [0.5, 0.6) is 17.2 Å². The molecule has 2 aromatic rings. The van der Waals surface area contributed by atoms with Gasteiger partial charge in [-0.2, -0.15) is 0 Å². The van der Waals surface area contributed by atoms with Crippen LogP contribution in [0.4, 0.5) is 5.69 Å². The van der Waals surface area contributed by atoms with Crippen molar-refractivity contribution < 1.29 is 19.0 Å². The number of anilines is 1. The molecule has 30 heavy (non-hydrogen) atoms. The Morgan fingerprint density at radius 1 is 0.967 bits per heavy atom. The van der Waals surface area contributed by atoms with Gasteiger partial charge < -0.3 is 19.1 Å². The second-order valence-electron chi connectivity index (χ2n) is 8.34. The molecule has 0 N–H and O–H groups in total. The quantitative estimate of drug-likeness (QED) is 0.756. The Morgan fingerprint density at radius 3 is 2.43 bits per heavy atom. The van der Waals surface area contributed by atoms with Gasteiger partial charge in [-0.05, 0) is 50.1 Å². The summed E-state index contributed by atoms with van der Waals surface area (Å²) in [5, 5.41) is 0. The second-order valence-corrected chi connectivity index (χ2v) is 8.34. The van der Waals surface area contributed by atoms with Gasteiger partial charge in [-0.1, -0.05) is 18.2 Å². The van der Waals surface area contributed by atoms with Gasteiger partial charge in [0.25, 0.3) is 0 Å². The Balaban J connectivity index is 1.54. The van der Waals surface area contributed by atoms with Crippen molar-refractivity contribution in [1.82, 2.24) is 4.90 Å². The third kappa shape index (κ3) is 2.49. The molecule has 3 saturated heterocycles. The predicted molar refractivity (Wildman–Crippen MR) is 114 cm³/mol. The molecule has 3 aliphatic rings. The van der Waals surface area contributed by atoms with Crippen molar-refractivity contribution in [2.24, 2.45) is 5.92 Å². The topological polar surface area (TPSA) is 51.2 Å². The first-order valence-electron chi connectivity index (χ1n) is 10.6. The van der Waals surface area contributed by atoms with E-state index in [-0.39, 0.29) is 11.9 Å². The largest absolute Gasteiger partial charge is 0.493 e. The van der Waals surface area contributed by atoms with Crippen molar-refractivity contribution in [2.45, 2.75) is 30.8 Å². The number of methoxy groups -OCH3 is 3. The minimum Gasteiger partial charge on any atom is -0.493 e. The minimum atomic E-state index is -0.404. The molecule has 0 unspecified atom stereocenters. The van der Waals surface area contributed by atoms with Crippen molar-refractivity contribution in [1.29, 1.82) is 0 Å². The number of nitrogens with zero attached hydrogens (tertiary/aromatic N) is 2. The standard InChI is InChI=1S/C24H28N2O4/c1-28-20-11-10-18(21(29-2)22(20)30-3)19-14-16-15-25(17-8-5-4-6-9-17)23(27)24(16)12-7-13-26(19)24/h4-6,8-11,16,19H,7,12-15H2,1-3H3/t16-,19-,24-/m0/s1. The fourth-order valence-electron chi connectivity index (χ4n) is 6.01. The van der Waals surface area contributed by atoms with Crippen LogP contribution in [0.2, 0.25) is 0 Å². The summed E-state index contributed by atoms with van der Waals surface area (Å²) in [4.78, 5) is 18.2. The van der Waals surface area contributed by atoms with Crippen LogP contribution in [0.15, 0.2) is 42.5 Å². The van der Waals surface area contributed by atoms with Crippen molar-refractivity contribution in [3.8, 4) is 17.2 Å².